The van der Waals surface area contributed by atoms with Crippen molar-refractivity contribution in [3.05, 3.63) is 39.9 Å². The van der Waals surface area contributed by atoms with Crippen LogP contribution in [-0.2, 0) is 23.9 Å². The number of esters is 1. The fourth-order valence-corrected chi connectivity index (χ4v) is 7.81. The zero-order valence-electron chi connectivity index (χ0n) is 30.2. The predicted octanol–water partition coefficient (Wildman–Crippen LogP) is 5.34. The molecule has 0 saturated carbocycles. The van der Waals surface area contributed by atoms with E-state index in [9.17, 15) is 24.0 Å². The maximum Gasteiger partial charge on any atom is 0.303 e. The molecule has 4 amide bonds. The summed E-state index contributed by atoms with van der Waals surface area (Å²) in [6, 6.07) is -1.67. The standard InChI is InChI=1S/C37H55N5O6S/c1-8-23(4)32(40-33(44)30-16-12-13-17-41(30)7)34(45)38-28(22(2)3)20-31(48-25(6)43)35-39-29(21-49-35)37(47)42-27(18-24(5)36(42)46)19-26-14-10-9-11-15-26/h10,14-15,21-24,27-28,30-32H,8-9,11-13,16-20H2,1-7H3,(H,38,45)(H,40,44)/t23-,24-,27+,28+,30+,31+,32-/m0/s1. The second-order valence-corrected chi connectivity index (χ2v) is 15.3. The Labute approximate surface area is 295 Å². The smallest absolute Gasteiger partial charge is 0.303 e. The highest BCUT2D eigenvalue weighted by Crippen LogP contribution is 2.33. The van der Waals surface area contributed by atoms with Gasteiger partial charge in [0.2, 0.25) is 17.7 Å². The van der Waals surface area contributed by atoms with Gasteiger partial charge < -0.3 is 15.4 Å². The van der Waals surface area contributed by atoms with E-state index in [4.69, 9.17) is 4.74 Å². The molecule has 0 radical (unpaired) electrons. The lowest BCUT2D eigenvalue weighted by molar-refractivity contribution is -0.147. The largest absolute Gasteiger partial charge is 0.455 e. The topological polar surface area (TPSA) is 138 Å². The summed E-state index contributed by atoms with van der Waals surface area (Å²) in [5.41, 5.74) is 1.26. The van der Waals surface area contributed by atoms with Crippen molar-refractivity contribution in [2.45, 2.75) is 130 Å². The molecule has 1 aliphatic carbocycles. The van der Waals surface area contributed by atoms with Crippen molar-refractivity contribution in [3.8, 4) is 0 Å². The van der Waals surface area contributed by atoms with Crippen LogP contribution in [0.4, 0.5) is 0 Å². The SMILES string of the molecule is CC[C@H](C)[C@H](NC(=O)[C@H]1CCCCN1C)C(=O)N[C@H](C[C@@H](OC(C)=O)c1nc(C(=O)N2C(=O)[C@@H](C)C[C@@H]2CC2=CCCC=C2)cs1)C(C)C. The molecule has 49 heavy (non-hydrogen) atoms. The van der Waals surface area contributed by atoms with Gasteiger partial charge in [-0.15, -0.1) is 11.3 Å². The molecule has 7 atom stereocenters. The molecule has 2 N–H and O–H groups in total. The summed E-state index contributed by atoms with van der Waals surface area (Å²) in [7, 11) is 1.94. The average Bonchev–Trinajstić information content (AvgIpc) is 3.67. The molecule has 11 nitrogen and oxygen atoms in total. The Balaban J connectivity index is 1.50. The number of hydrogen-bond acceptors (Lipinski definition) is 9. The summed E-state index contributed by atoms with van der Waals surface area (Å²) in [4.78, 5) is 74.4. The lowest BCUT2D eigenvalue weighted by Crippen LogP contribution is -2.57. The van der Waals surface area contributed by atoms with Crippen LogP contribution in [0.25, 0.3) is 0 Å². The molecule has 0 unspecified atom stereocenters. The average molecular weight is 698 g/mol. The fourth-order valence-electron chi connectivity index (χ4n) is 6.98. The number of nitrogens with zero attached hydrogens (tertiary/aromatic N) is 3. The lowest BCUT2D eigenvalue weighted by Gasteiger charge is -2.34. The van der Waals surface area contributed by atoms with Gasteiger partial charge in [0, 0.05) is 36.7 Å². The van der Waals surface area contributed by atoms with E-state index in [2.05, 4.69) is 33.8 Å². The second kappa shape index (κ2) is 17.5. The van der Waals surface area contributed by atoms with Gasteiger partial charge >= 0.3 is 5.97 Å². The van der Waals surface area contributed by atoms with Gasteiger partial charge in [0.15, 0.2) is 6.10 Å². The number of amides is 4. The number of allylic oxidation sites excluding steroid dienone is 3. The Hall–Kier alpha value is -3.38. The third kappa shape index (κ3) is 9.87. The summed E-state index contributed by atoms with van der Waals surface area (Å²) < 4.78 is 5.74. The number of likely N-dealkylation sites (tertiary alicyclic amines) is 2. The Morgan fingerprint density at radius 3 is 2.51 bits per heavy atom. The molecule has 2 fully saturated rings. The van der Waals surface area contributed by atoms with Gasteiger partial charge in [-0.3, -0.25) is 33.8 Å². The van der Waals surface area contributed by atoms with E-state index in [1.54, 1.807) is 5.38 Å². The van der Waals surface area contributed by atoms with Crippen LogP contribution in [0.1, 0.15) is 121 Å². The third-order valence-electron chi connectivity index (χ3n) is 10.2. The fraction of sp³-hybridized carbons (Fsp3) is 0.676. The van der Waals surface area contributed by atoms with E-state index < -0.39 is 30.1 Å². The highest BCUT2D eigenvalue weighted by Gasteiger charge is 2.42. The first-order valence-electron chi connectivity index (χ1n) is 18.0. The van der Waals surface area contributed by atoms with Gasteiger partial charge in [-0.2, -0.15) is 0 Å². The first-order valence-corrected chi connectivity index (χ1v) is 18.8. The minimum Gasteiger partial charge on any atom is -0.455 e. The number of piperidine rings is 1. The van der Waals surface area contributed by atoms with Crippen molar-refractivity contribution in [2.24, 2.45) is 17.8 Å². The van der Waals surface area contributed by atoms with Crippen LogP contribution in [0.15, 0.2) is 29.2 Å². The Morgan fingerprint density at radius 2 is 1.88 bits per heavy atom. The molecule has 1 aromatic heterocycles. The van der Waals surface area contributed by atoms with Gasteiger partial charge in [-0.25, -0.2) is 4.98 Å². The van der Waals surface area contributed by atoms with E-state index >= 15 is 0 Å². The molecular formula is C37H55N5O6S. The summed E-state index contributed by atoms with van der Waals surface area (Å²) in [5.74, 6) is -2.01. The van der Waals surface area contributed by atoms with Crippen LogP contribution in [0.5, 0.6) is 0 Å². The van der Waals surface area contributed by atoms with E-state index in [-0.39, 0.29) is 59.7 Å². The summed E-state index contributed by atoms with van der Waals surface area (Å²) >= 11 is 1.19. The molecule has 3 aliphatic rings. The van der Waals surface area contributed by atoms with Crippen molar-refractivity contribution >= 4 is 40.9 Å². The molecule has 0 aromatic carbocycles. The predicted molar refractivity (Wildman–Crippen MR) is 189 cm³/mol. The van der Waals surface area contributed by atoms with Gasteiger partial charge in [0.05, 0.1) is 6.04 Å². The van der Waals surface area contributed by atoms with Gasteiger partial charge in [0.25, 0.3) is 5.91 Å². The number of carbonyl (C=O) groups excluding carboxylic acids is 5. The van der Waals surface area contributed by atoms with Crippen molar-refractivity contribution in [2.75, 3.05) is 13.6 Å². The third-order valence-corrected chi connectivity index (χ3v) is 11.1. The number of hydrogen-bond donors (Lipinski definition) is 2. The molecule has 2 aliphatic heterocycles. The Morgan fingerprint density at radius 1 is 1.12 bits per heavy atom. The highest BCUT2D eigenvalue weighted by atomic mass is 32.1. The zero-order chi connectivity index (χ0) is 35.8. The Kier molecular flexibility index (Phi) is 13.7. The second-order valence-electron chi connectivity index (χ2n) is 14.4. The van der Waals surface area contributed by atoms with Crippen LogP contribution < -0.4 is 10.6 Å². The number of nitrogens with one attached hydrogen (secondary N) is 2. The van der Waals surface area contributed by atoms with E-state index in [1.807, 2.05) is 46.6 Å². The van der Waals surface area contributed by atoms with Crippen LogP contribution >= 0.6 is 11.3 Å². The molecule has 270 valence electrons. The summed E-state index contributed by atoms with van der Waals surface area (Å²) in [6.07, 6.45) is 12.4. The minimum absolute atomic E-state index is 0.0477. The monoisotopic (exact) mass is 697 g/mol. The Bertz CT molecular complexity index is 1420. The maximum atomic E-state index is 13.8. The normalized spacial score (nSPS) is 23.8. The van der Waals surface area contributed by atoms with E-state index in [0.29, 0.717) is 24.3 Å². The number of likely N-dealkylation sites (N-methyl/N-ethyl adjacent to an activating group) is 1. The number of rotatable bonds is 14. The minimum atomic E-state index is -0.828. The van der Waals surface area contributed by atoms with Crippen molar-refractivity contribution in [1.82, 2.24) is 25.4 Å². The first-order chi connectivity index (χ1) is 23.3. The molecular weight excluding hydrogens is 643 g/mol. The van der Waals surface area contributed by atoms with Gasteiger partial charge in [-0.05, 0) is 64.0 Å². The number of ether oxygens (including phenoxy) is 1. The quantitative estimate of drug-likeness (QED) is 0.197. The number of aromatic nitrogens is 1. The molecule has 4 rings (SSSR count). The molecule has 0 spiro atoms. The van der Waals surface area contributed by atoms with Crippen LogP contribution in [-0.4, -0.2) is 82.1 Å². The van der Waals surface area contributed by atoms with E-state index in [0.717, 1.165) is 44.2 Å². The molecule has 12 heteroatoms. The molecule has 0 bridgehead atoms. The lowest BCUT2D eigenvalue weighted by atomic mass is 9.94. The maximum absolute atomic E-state index is 13.8. The van der Waals surface area contributed by atoms with Crippen LogP contribution in [0.2, 0.25) is 0 Å². The van der Waals surface area contributed by atoms with Crippen LogP contribution in [0.3, 0.4) is 0 Å². The first kappa shape index (κ1) is 38.4. The highest BCUT2D eigenvalue weighted by molar-refractivity contribution is 7.09. The molecule has 2 saturated heterocycles. The number of carbonyl (C=O) groups is 5. The van der Waals surface area contributed by atoms with Crippen molar-refractivity contribution in [3.63, 3.8) is 0 Å². The van der Waals surface area contributed by atoms with E-state index in [1.165, 1.54) is 23.2 Å². The summed E-state index contributed by atoms with van der Waals surface area (Å²) in [5, 5.41) is 8.21. The number of imide groups is 1. The molecule has 1 aromatic rings. The zero-order valence-corrected chi connectivity index (χ0v) is 31.0. The van der Waals surface area contributed by atoms with Crippen LogP contribution in [0, 0.1) is 17.8 Å². The van der Waals surface area contributed by atoms with Crippen molar-refractivity contribution in [1.29, 1.82) is 0 Å². The van der Waals surface area contributed by atoms with Gasteiger partial charge in [-0.1, -0.05) is 71.3 Å². The van der Waals surface area contributed by atoms with Crippen molar-refractivity contribution < 1.29 is 28.7 Å². The number of thiazole rings is 1. The summed E-state index contributed by atoms with van der Waals surface area (Å²) in [6.45, 7) is 11.9. The van der Waals surface area contributed by atoms with Gasteiger partial charge in [0.1, 0.15) is 16.7 Å². The molecule has 3 heterocycles.